The first-order valence-corrected chi connectivity index (χ1v) is 4.56. The maximum Gasteiger partial charge on any atom is 0.248 e. The van der Waals surface area contributed by atoms with Crippen LogP contribution in [0, 0.1) is 0 Å². The molecule has 3 N–H and O–H groups in total. The second kappa shape index (κ2) is 4.71. The summed E-state index contributed by atoms with van der Waals surface area (Å²) in [6, 6.07) is -0.251. The third-order valence-electron chi connectivity index (χ3n) is 1.93. The maximum atomic E-state index is 11.4. The van der Waals surface area contributed by atoms with Crippen LogP contribution >= 0.6 is 0 Å². The Kier molecular flexibility index (Phi) is 3.58. The molecule has 1 atom stereocenters. The van der Waals surface area contributed by atoms with Gasteiger partial charge in [0.05, 0.1) is 6.04 Å². The quantitative estimate of drug-likeness (QED) is 0.630. The van der Waals surface area contributed by atoms with Crippen LogP contribution in [-0.4, -0.2) is 34.2 Å². The summed E-state index contributed by atoms with van der Waals surface area (Å²) in [7, 11) is 1.72. The van der Waals surface area contributed by atoms with Gasteiger partial charge in [0.15, 0.2) is 0 Å². The van der Waals surface area contributed by atoms with Gasteiger partial charge in [-0.05, 0) is 14.0 Å². The number of H-pyrrole nitrogens is 1. The molecule has 1 aromatic rings. The third-order valence-corrected chi connectivity index (χ3v) is 1.93. The Labute approximate surface area is 82.5 Å². The van der Waals surface area contributed by atoms with Gasteiger partial charge in [-0.25, -0.2) is 0 Å². The Morgan fingerprint density at radius 3 is 2.86 bits per heavy atom. The zero-order valence-electron chi connectivity index (χ0n) is 8.59. The average molecular weight is 197 g/mol. The number of hydrogen-bond donors (Lipinski definition) is 3. The number of aromatic nitrogens is 3. The Morgan fingerprint density at radius 1 is 1.64 bits per heavy atom. The van der Waals surface area contributed by atoms with Crippen molar-refractivity contribution in [2.45, 2.75) is 26.3 Å². The van der Waals surface area contributed by atoms with Crippen molar-refractivity contribution >= 4 is 11.9 Å². The van der Waals surface area contributed by atoms with Crippen LogP contribution in [0.15, 0.2) is 0 Å². The molecule has 0 unspecified atom stereocenters. The summed E-state index contributed by atoms with van der Waals surface area (Å²) >= 11 is 0. The van der Waals surface area contributed by atoms with Crippen LogP contribution in [-0.2, 0) is 11.2 Å². The number of nitrogens with zero attached hydrogens (tertiary/aromatic N) is 2. The summed E-state index contributed by atoms with van der Waals surface area (Å²) in [5.41, 5.74) is 0. The fraction of sp³-hybridized carbons (Fsp3) is 0.625. The molecule has 1 aromatic heterocycles. The molecule has 0 fully saturated rings. The third kappa shape index (κ3) is 2.53. The zero-order valence-corrected chi connectivity index (χ0v) is 8.59. The van der Waals surface area contributed by atoms with Gasteiger partial charge >= 0.3 is 0 Å². The van der Waals surface area contributed by atoms with E-state index >= 15 is 0 Å². The second-order valence-electron chi connectivity index (χ2n) is 2.96. The largest absolute Gasteiger partial charge is 0.309 e. The fourth-order valence-corrected chi connectivity index (χ4v) is 0.859. The van der Waals surface area contributed by atoms with Crippen LogP contribution in [0.5, 0.6) is 0 Å². The molecular formula is C8H15N5O. The van der Waals surface area contributed by atoms with E-state index < -0.39 is 0 Å². The highest BCUT2D eigenvalue weighted by Gasteiger charge is 2.12. The SMILES string of the molecule is CCc1nc(NC(=O)[C@H](C)NC)n[nH]1. The first kappa shape index (κ1) is 10.6. The van der Waals surface area contributed by atoms with Crippen molar-refractivity contribution in [3.63, 3.8) is 0 Å². The van der Waals surface area contributed by atoms with E-state index in [1.165, 1.54) is 0 Å². The van der Waals surface area contributed by atoms with Gasteiger partial charge in [-0.2, -0.15) is 4.98 Å². The highest BCUT2D eigenvalue weighted by molar-refractivity contribution is 5.92. The Morgan fingerprint density at radius 2 is 2.36 bits per heavy atom. The number of aromatic amines is 1. The van der Waals surface area contributed by atoms with Crippen molar-refractivity contribution in [1.29, 1.82) is 0 Å². The number of nitrogens with one attached hydrogen (secondary N) is 3. The van der Waals surface area contributed by atoms with Crippen molar-refractivity contribution in [1.82, 2.24) is 20.5 Å². The Bertz CT molecular complexity index is 308. The number of amides is 1. The van der Waals surface area contributed by atoms with Gasteiger partial charge in [-0.3, -0.25) is 15.2 Å². The minimum Gasteiger partial charge on any atom is -0.309 e. The number of anilines is 1. The fourth-order valence-electron chi connectivity index (χ4n) is 0.859. The number of aryl methyl sites for hydroxylation is 1. The highest BCUT2D eigenvalue weighted by Crippen LogP contribution is 1.99. The number of likely N-dealkylation sites (N-methyl/N-ethyl adjacent to an activating group) is 1. The smallest absolute Gasteiger partial charge is 0.248 e. The predicted molar refractivity (Wildman–Crippen MR) is 52.9 cm³/mol. The van der Waals surface area contributed by atoms with Gasteiger partial charge in [-0.15, -0.1) is 5.10 Å². The zero-order chi connectivity index (χ0) is 10.6. The molecule has 0 saturated carbocycles. The molecule has 0 aliphatic heterocycles. The first-order chi connectivity index (χ1) is 6.67. The minimum atomic E-state index is -0.251. The van der Waals surface area contributed by atoms with Gasteiger partial charge in [0, 0.05) is 6.42 Å². The molecule has 0 bridgehead atoms. The highest BCUT2D eigenvalue weighted by atomic mass is 16.2. The summed E-state index contributed by atoms with van der Waals surface area (Å²) in [6.45, 7) is 3.73. The number of hydrogen-bond acceptors (Lipinski definition) is 4. The van der Waals surface area contributed by atoms with Crippen molar-refractivity contribution in [3.05, 3.63) is 5.82 Å². The van der Waals surface area contributed by atoms with Gasteiger partial charge < -0.3 is 5.32 Å². The molecule has 0 aliphatic carbocycles. The molecule has 6 heteroatoms. The van der Waals surface area contributed by atoms with Crippen LogP contribution in [0.3, 0.4) is 0 Å². The molecule has 1 amide bonds. The van der Waals surface area contributed by atoms with Gasteiger partial charge in [0.25, 0.3) is 0 Å². The van der Waals surface area contributed by atoms with E-state index in [0.717, 1.165) is 12.2 Å². The molecule has 0 aromatic carbocycles. The molecule has 6 nitrogen and oxygen atoms in total. The molecule has 14 heavy (non-hydrogen) atoms. The molecule has 0 spiro atoms. The summed E-state index contributed by atoms with van der Waals surface area (Å²) in [4.78, 5) is 15.4. The van der Waals surface area contributed by atoms with Crippen molar-refractivity contribution in [3.8, 4) is 0 Å². The summed E-state index contributed by atoms with van der Waals surface area (Å²) in [6.07, 6.45) is 0.768. The lowest BCUT2D eigenvalue weighted by atomic mass is 10.3. The van der Waals surface area contributed by atoms with Crippen molar-refractivity contribution < 1.29 is 4.79 Å². The Hall–Kier alpha value is -1.43. The Balaban J connectivity index is 2.56. The van der Waals surface area contributed by atoms with Gasteiger partial charge in [0.1, 0.15) is 5.82 Å². The second-order valence-corrected chi connectivity index (χ2v) is 2.96. The van der Waals surface area contributed by atoms with E-state index in [1.807, 2.05) is 6.92 Å². The molecule has 1 rings (SSSR count). The van der Waals surface area contributed by atoms with Crippen LogP contribution < -0.4 is 10.6 Å². The first-order valence-electron chi connectivity index (χ1n) is 4.56. The molecular weight excluding hydrogens is 182 g/mol. The summed E-state index contributed by atoms with van der Waals surface area (Å²) < 4.78 is 0. The normalized spacial score (nSPS) is 12.5. The van der Waals surface area contributed by atoms with E-state index in [9.17, 15) is 4.79 Å². The molecule has 0 saturated heterocycles. The van der Waals surface area contributed by atoms with Gasteiger partial charge in [-0.1, -0.05) is 6.92 Å². The summed E-state index contributed by atoms with van der Waals surface area (Å²) in [5.74, 6) is 0.945. The average Bonchev–Trinajstić information content (AvgIpc) is 2.64. The molecule has 0 radical (unpaired) electrons. The van der Waals surface area contributed by atoms with E-state index in [0.29, 0.717) is 5.95 Å². The molecule has 0 aliphatic rings. The molecule has 1 heterocycles. The molecule has 78 valence electrons. The standard InChI is InChI=1S/C8H15N5O/c1-4-6-10-8(13-12-6)11-7(14)5(2)9-3/h5,9H,4H2,1-3H3,(H2,10,11,12,13,14)/t5-/m0/s1. The van der Waals surface area contributed by atoms with Crippen LogP contribution in [0.25, 0.3) is 0 Å². The number of carbonyl (C=O) groups excluding carboxylic acids is 1. The van der Waals surface area contributed by atoms with Gasteiger partial charge in [0.2, 0.25) is 11.9 Å². The summed E-state index contributed by atoms with van der Waals surface area (Å²) in [5, 5.41) is 12.0. The monoisotopic (exact) mass is 197 g/mol. The lowest BCUT2D eigenvalue weighted by molar-refractivity contribution is -0.117. The number of rotatable bonds is 4. The van der Waals surface area contributed by atoms with Crippen molar-refractivity contribution in [2.24, 2.45) is 0 Å². The minimum absolute atomic E-state index is 0.144. The van der Waals surface area contributed by atoms with Crippen LogP contribution in [0.2, 0.25) is 0 Å². The van der Waals surface area contributed by atoms with Crippen LogP contribution in [0.4, 0.5) is 5.95 Å². The van der Waals surface area contributed by atoms with Crippen molar-refractivity contribution in [2.75, 3.05) is 12.4 Å². The van der Waals surface area contributed by atoms with E-state index in [4.69, 9.17) is 0 Å². The number of carbonyl (C=O) groups is 1. The predicted octanol–water partition coefficient (Wildman–Crippen LogP) is -0.0865. The maximum absolute atomic E-state index is 11.4. The lowest BCUT2D eigenvalue weighted by Crippen LogP contribution is -2.35. The van der Waals surface area contributed by atoms with E-state index in [1.54, 1.807) is 14.0 Å². The van der Waals surface area contributed by atoms with Crippen LogP contribution in [0.1, 0.15) is 19.7 Å². The topological polar surface area (TPSA) is 82.7 Å². The van der Waals surface area contributed by atoms with E-state index in [2.05, 4.69) is 25.8 Å². The lowest BCUT2D eigenvalue weighted by Gasteiger charge is -2.07. The van der Waals surface area contributed by atoms with E-state index in [-0.39, 0.29) is 11.9 Å².